The standard InChI is InChI=1S/C12H12N2O3.Li/c1-2-5-8-10(9-6-3-4-7-13-9)14-17-11(8)12(15)16;/h3-4,6-7H,2,5H2,1H3,(H,15,16);/q;+1/p-1. The number of pyridine rings is 1. The van der Waals surface area contributed by atoms with Crippen molar-refractivity contribution in [2.45, 2.75) is 19.8 Å². The molecule has 2 rings (SSSR count). The van der Waals surface area contributed by atoms with Crippen LogP contribution in [0.1, 0.15) is 29.5 Å². The van der Waals surface area contributed by atoms with Crippen LogP contribution in [0, 0.1) is 0 Å². The molecule has 0 saturated heterocycles. The minimum atomic E-state index is -1.34. The van der Waals surface area contributed by atoms with E-state index in [1.54, 1.807) is 18.3 Å². The molecule has 0 unspecified atom stereocenters. The molecule has 5 nitrogen and oxygen atoms in total. The molecule has 0 aliphatic heterocycles. The van der Waals surface area contributed by atoms with Crippen LogP contribution in [0.2, 0.25) is 0 Å². The number of rotatable bonds is 4. The quantitative estimate of drug-likeness (QED) is 0.579. The number of hydrogen-bond donors (Lipinski definition) is 0. The zero-order valence-corrected chi connectivity index (χ0v) is 10.3. The molecule has 0 spiro atoms. The molecule has 88 valence electrons. The molecule has 0 aliphatic rings. The van der Waals surface area contributed by atoms with Gasteiger partial charge in [-0.25, -0.2) is 0 Å². The molecule has 0 radical (unpaired) electrons. The normalized spacial score (nSPS) is 9.83. The van der Waals surface area contributed by atoms with Crippen molar-refractivity contribution in [1.82, 2.24) is 10.1 Å². The van der Waals surface area contributed by atoms with Gasteiger partial charge >= 0.3 is 18.9 Å². The Morgan fingerprint density at radius 2 is 2.22 bits per heavy atom. The van der Waals surface area contributed by atoms with E-state index in [0.717, 1.165) is 6.42 Å². The van der Waals surface area contributed by atoms with Gasteiger partial charge in [-0.1, -0.05) is 24.6 Å². The fourth-order valence-electron chi connectivity index (χ4n) is 1.66. The van der Waals surface area contributed by atoms with Crippen molar-refractivity contribution < 1.29 is 33.3 Å². The smallest absolute Gasteiger partial charge is 0.541 e. The second-order valence-corrected chi connectivity index (χ2v) is 3.59. The van der Waals surface area contributed by atoms with Gasteiger partial charge < -0.3 is 14.4 Å². The van der Waals surface area contributed by atoms with E-state index in [1.807, 2.05) is 13.0 Å². The Morgan fingerprint density at radius 3 is 2.78 bits per heavy atom. The van der Waals surface area contributed by atoms with Gasteiger partial charge in [0.25, 0.3) is 0 Å². The number of carboxylic acid groups (broad SMARTS) is 1. The summed E-state index contributed by atoms with van der Waals surface area (Å²) in [4.78, 5) is 15.0. The summed E-state index contributed by atoms with van der Waals surface area (Å²) in [6, 6.07) is 5.35. The Balaban J connectivity index is 0.00000162. The Labute approximate surface area is 116 Å². The molecule has 0 aliphatic carbocycles. The fraction of sp³-hybridized carbons (Fsp3) is 0.250. The molecule has 0 amide bonds. The van der Waals surface area contributed by atoms with E-state index in [-0.39, 0.29) is 24.6 Å². The summed E-state index contributed by atoms with van der Waals surface area (Å²) in [6.45, 7) is 1.95. The third-order valence-electron chi connectivity index (χ3n) is 2.38. The number of carbonyl (C=O) groups excluding carboxylic acids is 1. The second kappa shape index (κ2) is 6.38. The van der Waals surface area contributed by atoms with Crippen LogP contribution in [0.3, 0.4) is 0 Å². The van der Waals surface area contributed by atoms with Crippen molar-refractivity contribution in [3.8, 4) is 11.4 Å². The van der Waals surface area contributed by atoms with Gasteiger partial charge in [0.15, 0.2) is 5.76 Å². The number of hydrogen-bond acceptors (Lipinski definition) is 5. The average molecular weight is 238 g/mol. The van der Waals surface area contributed by atoms with E-state index >= 15 is 0 Å². The Kier molecular flexibility index (Phi) is 5.14. The first-order valence-electron chi connectivity index (χ1n) is 5.35. The fourth-order valence-corrected chi connectivity index (χ4v) is 1.66. The van der Waals surface area contributed by atoms with E-state index in [0.29, 0.717) is 23.4 Å². The van der Waals surface area contributed by atoms with Gasteiger partial charge in [-0.15, -0.1) is 0 Å². The Hall–Kier alpha value is -1.57. The summed E-state index contributed by atoms with van der Waals surface area (Å²) < 4.78 is 4.81. The molecule has 2 aromatic rings. The molecule has 0 bridgehead atoms. The number of aromatic carboxylic acids is 1. The zero-order valence-electron chi connectivity index (χ0n) is 10.3. The van der Waals surface area contributed by atoms with Gasteiger partial charge in [-0.3, -0.25) is 4.98 Å². The van der Waals surface area contributed by atoms with Crippen LogP contribution in [0.4, 0.5) is 0 Å². The van der Waals surface area contributed by atoms with Crippen molar-refractivity contribution in [2.75, 3.05) is 0 Å². The number of nitrogens with zero attached hydrogens (tertiary/aromatic N) is 2. The monoisotopic (exact) mass is 238 g/mol. The van der Waals surface area contributed by atoms with E-state index < -0.39 is 5.97 Å². The first kappa shape index (κ1) is 14.5. The molecule has 18 heavy (non-hydrogen) atoms. The van der Waals surface area contributed by atoms with E-state index in [2.05, 4.69) is 10.1 Å². The van der Waals surface area contributed by atoms with Gasteiger partial charge in [0, 0.05) is 11.8 Å². The van der Waals surface area contributed by atoms with Crippen LogP contribution in [0.5, 0.6) is 0 Å². The maximum Gasteiger partial charge on any atom is 1.00 e. The summed E-state index contributed by atoms with van der Waals surface area (Å²) >= 11 is 0. The predicted molar refractivity (Wildman–Crippen MR) is 58.1 cm³/mol. The van der Waals surface area contributed by atoms with Crippen LogP contribution in [0.15, 0.2) is 28.9 Å². The number of carbonyl (C=O) groups is 1. The third-order valence-corrected chi connectivity index (χ3v) is 2.38. The summed E-state index contributed by atoms with van der Waals surface area (Å²) in [6.07, 6.45) is 2.98. The van der Waals surface area contributed by atoms with E-state index in [9.17, 15) is 9.90 Å². The first-order chi connectivity index (χ1) is 8.24. The van der Waals surface area contributed by atoms with Crippen molar-refractivity contribution >= 4 is 5.97 Å². The number of carboxylic acids is 1. The molecular weight excluding hydrogens is 227 g/mol. The van der Waals surface area contributed by atoms with Crippen LogP contribution in [-0.4, -0.2) is 16.1 Å². The van der Waals surface area contributed by atoms with Crippen LogP contribution in [0.25, 0.3) is 11.4 Å². The minimum Gasteiger partial charge on any atom is -0.541 e. The Bertz CT molecular complexity index is 525. The van der Waals surface area contributed by atoms with Crippen LogP contribution in [-0.2, 0) is 6.42 Å². The van der Waals surface area contributed by atoms with Gasteiger partial charge in [0.2, 0.25) is 0 Å². The number of aromatic nitrogens is 2. The molecule has 2 heterocycles. The topological polar surface area (TPSA) is 79.0 Å². The summed E-state index contributed by atoms with van der Waals surface area (Å²) in [5.74, 6) is -1.55. The van der Waals surface area contributed by atoms with Crippen molar-refractivity contribution in [2.24, 2.45) is 0 Å². The molecule has 2 aromatic heterocycles. The largest absolute Gasteiger partial charge is 1.00 e. The van der Waals surface area contributed by atoms with Crippen molar-refractivity contribution in [3.63, 3.8) is 0 Å². The Morgan fingerprint density at radius 1 is 1.44 bits per heavy atom. The predicted octanol–water partition coefficient (Wildman–Crippen LogP) is -1.94. The molecule has 0 saturated carbocycles. The van der Waals surface area contributed by atoms with Gasteiger partial charge in [0.1, 0.15) is 11.7 Å². The summed E-state index contributed by atoms with van der Waals surface area (Å²) in [7, 11) is 0. The minimum absolute atomic E-state index is 0. The maximum absolute atomic E-state index is 10.9. The van der Waals surface area contributed by atoms with Gasteiger partial charge in [-0.2, -0.15) is 0 Å². The van der Waals surface area contributed by atoms with E-state index in [1.165, 1.54) is 0 Å². The van der Waals surface area contributed by atoms with Gasteiger partial charge in [-0.05, 0) is 18.6 Å². The van der Waals surface area contributed by atoms with Crippen molar-refractivity contribution in [1.29, 1.82) is 0 Å². The van der Waals surface area contributed by atoms with Crippen molar-refractivity contribution in [3.05, 3.63) is 35.7 Å². The second-order valence-electron chi connectivity index (χ2n) is 3.59. The SMILES string of the molecule is CCCc1c(-c2ccccn2)noc1C(=O)[O-].[Li+]. The summed E-state index contributed by atoms with van der Waals surface area (Å²) in [5, 5.41) is 14.6. The molecule has 0 atom stereocenters. The van der Waals surface area contributed by atoms with E-state index in [4.69, 9.17) is 4.52 Å². The molecule has 0 aromatic carbocycles. The maximum atomic E-state index is 10.9. The van der Waals surface area contributed by atoms with Crippen LogP contribution < -0.4 is 24.0 Å². The molecule has 0 N–H and O–H groups in total. The molecular formula is C12H11LiN2O3. The third kappa shape index (κ3) is 2.81. The first-order valence-corrected chi connectivity index (χ1v) is 5.35. The molecule has 0 fully saturated rings. The summed E-state index contributed by atoms with van der Waals surface area (Å²) in [5.41, 5.74) is 1.63. The van der Waals surface area contributed by atoms with Crippen LogP contribution >= 0.6 is 0 Å². The average Bonchev–Trinajstić information content (AvgIpc) is 2.75. The van der Waals surface area contributed by atoms with Gasteiger partial charge in [0.05, 0.1) is 5.69 Å². The zero-order chi connectivity index (χ0) is 12.3. The molecule has 6 heteroatoms.